The van der Waals surface area contributed by atoms with Gasteiger partial charge in [-0.15, -0.1) is 24.0 Å². The molecule has 2 N–H and O–H groups in total. The average Bonchev–Trinajstić information content (AvgIpc) is 2.71. The van der Waals surface area contributed by atoms with E-state index in [1.165, 1.54) is 6.42 Å². The number of amides is 1. The van der Waals surface area contributed by atoms with Crippen molar-refractivity contribution in [2.45, 2.75) is 53.4 Å². The number of aliphatic hydroxyl groups is 1. The first-order valence-corrected chi connectivity index (χ1v) is 12.1. The van der Waals surface area contributed by atoms with Crippen LogP contribution in [0.4, 0.5) is 0 Å². The molecule has 2 aliphatic heterocycles. The van der Waals surface area contributed by atoms with Gasteiger partial charge in [0.1, 0.15) is 0 Å². The van der Waals surface area contributed by atoms with E-state index in [1.54, 1.807) is 0 Å². The molecule has 0 aliphatic carbocycles. The van der Waals surface area contributed by atoms with Crippen molar-refractivity contribution in [1.29, 1.82) is 0 Å². The van der Waals surface area contributed by atoms with Crippen LogP contribution in [0.25, 0.3) is 0 Å². The predicted molar refractivity (Wildman–Crippen MR) is 139 cm³/mol. The minimum atomic E-state index is 0. The number of hydrogen-bond acceptors (Lipinski definition) is 4. The molecular formula is C23H46IN5O2. The Labute approximate surface area is 207 Å². The van der Waals surface area contributed by atoms with Crippen molar-refractivity contribution in [1.82, 2.24) is 20.0 Å². The Balaban J connectivity index is 0.00000480. The Morgan fingerprint density at radius 3 is 2.26 bits per heavy atom. The molecule has 0 radical (unpaired) electrons. The van der Waals surface area contributed by atoms with E-state index in [-0.39, 0.29) is 36.5 Å². The molecule has 0 bridgehead atoms. The Bertz CT molecular complexity index is 524. The third-order valence-corrected chi connectivity index (χ3v) is 6.32. The molecule has 8 heteroatoms. The second kappa shape index (κ2) is 15.3. The fourth-order valence-corrected chi connectivity index (χ4v) is 4.83. The van der Waals surface area contributed by atoms with Gasteiger partial charge in [0.2, 0.25) is 5.91 Å². The highest BCUT2D eigenvalue weighted by Crippen LogP contribution is 2.21. The number of carbonyl (C=O) groups excluding carboxylic acids is 1. The lowest BCUT2D eigenvalue weighted by Crippen LogP contribution is -2.55. The first kappa shape index (κ1) is 28.4. The van der Waals surface area contributed by atoms with Crippen LogP contribution in [0.1, 0.15) is 53.4 Å². The van der Waals surface area contributed by atoms with Crippen molar-refractivity contribution in [3.05, 3.63) is 0 Å². The van der Waals surface area contributed by atoms with E-state index in [9.17, 15) is 9.90 Å². The number of guanidine groups is 1. The Morgan fingerprint density at radius 2 is 1.71 bits per heavy atom. The number of piperazine rings is 1. The van der Waals surface area contributed by atoms with E-state index in [4.69, 9.17) is 4.99 Å². The molecule has 31 heavy (non-hydrogen) atoms. The Morgan fingerprint density at radius 1 is 1.06 bits per heavy atom. The van der Waals surface area contributed by atoms with Gasteiger partial charge in [-0.3, -0.25) is 14.7 Å². The fourth-order valence-electron chi connectivity index (χ4n) is 4.83. The SMILES string of the molecule is CCCC(CCO)CN=C(NCC)N1CCN(CC(=O)N2CC(C)CC(C)C2)CC1.I. The van der Waals surface area contributed by atoms with E-state index >= 15 is 0 Å². The lowest BCUT2D eigenvalue weighted by Gasteiger charge is -2.39. The number of rotatable bonds is 9. The van der Waals surface area contributed by atoms with E-state index in [1.807, 2.05) is 0 Å². The third-order valence-electron chi connectivity index (χ3n) is 6.32. The second-order valence-corrected chi connectivity index (χ2v) is 9.37. The Kier molecular flexibility index (Phi) is 14.0. The fraction of sp³-hybridized carbons (Fsp3) is 0.913. The number of carbonyl (C=O) groups is 1. The van der Waals surface area contributed by atoms with Crippen LogP contribution >= 0.6 is 24.0 Å². The number of likely N-dealkylation sites (tertiary alicyclic amines) is 1. The van der Waals surface area contributed by atoms with Crippen molar-refractivity contribution in [2.75, 3.05) is 65.5 Å². The van der Waals surface area contributed by atoms with Crippen molar-refractivity contribution >= 4 is 35.8 Å². The molecule has 3 atom stereocenters. The van der Waals surface area contributed by atoms with Gasteiger partial charge >= 0.3 is 0 Å². The third kappa shape index (κ3) is 9.82. The number of piperidine rings is 1. The summed E-state index contributed by atoms with van der Waals surface area (Å²) in [5.41, 5.74) is 0. The summed E-state index contributed by atoms with van der Waals surface area (Å²) in [6, 6.07) is 0. The molecule has 2 aliphatic rings. The molecule has 0 aromatic heterocycles. The summed E-state index contributed by atoms with van der Waals surface area (Å²) in [7, 11) is 0. The zero-order chi connectivity index (χ0) is 21.9. The standard InChI is InChI=1S/C23H45N5O2.HI/c1-5-7-21(8-13-29)15-25-23(24-6-2)27-11-9-26(10-12-27)18-22(30)28-16-19(3)14-20(4)17-28;/h19-21,29H,5-18H2,1-4H3,(H,24,25);1H. The topological polar surface area (TPSA) is 71.4 Å². The molecule has 2 heterocycles. The van der Waals surface area contributed by atoms with Crippen LogP contribution in [0.2, 0.25) is 0 Å². The van der Waals surface area contributed by atoms with Gasteiger partial charge < -0.3 is 20.2 Å². The zero-order valence-corrected chi connectivity index (χ0v) is 22.5. The molecule has 182 valence electrons. The quantitative estimate of drug-likeness (QED) is 0.262. The van der Waals surface area contributed by atoms with Crippen molar-refractivity contribution in [2.24, 2.45) is 22.7 Å². The summed E-state index contributed by atoms with van der Waals surface area (Å²) < 4.78 is 0. The van der Waals surface area contributed by atoms with Gasteiger partial charge in [-0.25, -0.2) is 0 Å². The average molecular weight is 552 g/mol. The van der Waals surface area contributed by atoms with Crippen molar-refractivity contribution in [3.63, 3.8) is 0 Å². The summed E-state index contributed by atoms with van der Waals surface area (Å²) in [6.45, 7) is 16.6. The maximum atomic E-state index is 12.8. The number of nitrogens with zero attached hydrogens (tertiary/aromatic N) is 4. The second-order valence-electron chi connectivity index (χ2n) is 9.37. The molecular weight excluding hydrogens is 505 g/mol. The van der Waals surface area contributed by atoms with Crippen LogP contribution in [0.3, 0.4) is 0 Å². The highest BCUT2D eigenvalue weighted by atomic mass is 127. The number of halogens is 1. The molecule has 7 nitrogen and oxygen atoms in total. The zero-order valence-electron chi connectivity index (χ0n) is 20.2. The van der Waals surface area contributed by atoms with Crippen molar-refractivity contribution < 1.29 is 9.90 Å². The number of hydrogen-bond donors (Lipinski definition) is 2. The maximum absolute atomic E-state index is 12.8. The molecule has 3 unspecified atom stereocenters. The van der Waals surface area contributed by atoms with Crippen LogP contribution in [0, 0.1) is 17.8 Å². The van der Waals surface area contributed by atoms with Crippen LogP contribution in [-0.4, -0.2) is 97.2 Å². The highest BCUT2D eigenvalue weighted by Gasteiger charge is 2.28. The summed E-state index contributed by atoms with van der Waals surface area (Å²) in [6.07, 6.45) is 4.28. The van der Waals surface area contributed by atoms with Gasteiger partial charge in [0.05, 0.1) is 6.54 Å². The molecule has 1 amide bonds. The van der Waals surface area contributed by atoms with Gasteiger partial charge in [0, 0.05) is 59.0 Å². The summed E-state index contributed by atoms with van der Waals surface area (Å²) in [5, 5.41) is 12.7. The number of nitrogens with one attached hydrogen (secondary N) is 1. The predicted octanol–water partition coefficient (Wildman–Crippen LogP) is 2.49. The summed E-state index contributed by atoms with van der Waals surface area (Å²) in [5.74, 6) is 2.92. The van der Waals surface area contributed by atoms with Crippen LogP contribution in [-0.2, 0) is 4.79 Å². The highest BCUT2D eigenvalue weighted by molar-refractivity contribution is 14.0. The van der Waals surface area contributed by atoms with Crippen LogP contribution in [0.15, 0.2) is 4.99 Å². The van der Waals surface area contributed by atoms with Gasteiger partial charge in [-0.05, 0) is 43.9 Å². The van der Waals surface area contributed by atoms with Gasteiger partial charge in [0.15, 0.2) is 5.96 Å². The van der Waals surface area contributed by atoms with Gasteiger partial charge in [0.25, 0.3) is 0 Å². The minimum Gasteiger partial charge on any atom is -0.396 e. The van der Waals surface area contributed by atoms with E-state index < -0.39 is 0 Å². The summed E-state index contributed by atoms with van der Waals surface area (Å²) >= 11 is 0. The van der Waals surface area contributed by atoms with Crippen molar-refractivity contribution in [3.8, 4) is 0 Å². The lowest BCUT2D eigenvalue weighted by atomic mass is 9.92. The molecule has 0 spiro atoms. The molecule has 0 saturated carbocycles. The first-order chi connectivity index (χ1) is 14.5. The van der Waals surface area contributed by atoms with Gasteiger partial charge in [-0.2, -0.15) is 0 Å². The molecule has 0 aromatic carbocycles. The Hall–Kier alpha value is -0.610. The molecule has 2 fully saturated rings. The normalized spacial score (nSPS) is 24.0. The van der Waals surface area contributed by atoms with Crippen LogP contribution in [0.5, 0.6) is 0 Å². The maximum Gasteiger partial charge on any atom is 0.236 e. The lowest BCUT2D eigenvalue weighted by molar-refractivity contribution is -0.135. The largest absolute Gasteiger partial charge is 0.396 e. The number of aliphatic imine (C=N–C) groups is 1. The molecule has 0 aromatic rings. The molecule has 2 rings (SSSR count). The monoisotopic (exact) mass is 551 g/mol. The number of aliphatic hydroxyl groups excluding tert-OH is 1. The van der Waals surface area contributed by atoms with Crippen LogP contribution < -0.4 is 5.32 Å². The van der Waals surface area contributed by atoms with E-state index in [0.717, 1.165) is 77.6 Å². The van der Waals surface area contributed by atoms with Gasteiger partial charge in [-0.1, -0.05) is 27.2 Å². The minimum absolute atomic E-state index is 0. The smallest absolute Gasteiger partial charge is 0.236 e. The van der Waals surface area contributed by atoms with E-state index in [0.29, 0.717) is 24.3 Å². The first-order valence-electron chi connectivity index (χ1n) is 12.1. The van der Waals surface area contributed by atoms with E-state index in [2.05, 4.69) is 47.7 Å². The molecule has 2 saturated heterocycles. The summed E-state index contributed by atoms with van der Waals surface area (Å²) in [4.78, 5) is 24.3.